The molecular weight excluding hydrogens is 236 g/mol. The summed E-state index contributed by atoms with van der Waals surface area (Å²) in [6, 6.07) is 3.02. The minimum atomic E-state index is -1.24. The molecule has 0 aromatic carbocycles. The Morgan fingerprint density at radius 3 is 2.61 bits per heavy atom. The number of hydrogen-bond acceptors (Lipinski definition) is 4. The largest absolute Gasteiger partial charge is 0.545 e. The van der Waals surface area contributed by atoms with E-state index in [0.29, 0.717) is 31.7 Å². The van der Waals surface area contributed by atoms with Gasteiger partial charge >= 0.3 is 5.97 Å². The third kappa shape index (κ3) is 2.48. The van der Waals surface area contributed by atoms with Crippen molar-refractivity contribution in [1.82, 2.24) is 4.98 Å². The Balaban J connectivity index is 2.15. The van der Waals surface area contributed by atoms with E-state index in [-0.39, 0.29) is 11.5 Å². The first-order chi connectivity index (χ1) is 8.59. The number of carboxylic acid groups (broad SMARTS) is 2. The Labute approximate surface area is 104 Å². The number of nitrogens with zero attached hydrogens (tertiary/aromatic N) is 1. The molecule has 1 aromatic rings. The Morgan fingerprint density at radius 2 is 2.06 bits per heavy atom. The highest BCUT2D eigenvalue weighted by molar-refractivity contribution is 5.89. The molecule has 0 bridgehead atoms. The van der Waals surface area contributed by atoms with Crippen LogP contribution in [0.25, 0.3) is 0 Å². The Morgan fingerprint density at radius 1 is 1.39 bits per heavy atom. The molecule has 2 rings (SSSR count). The van der Waals surface area contributed by atoms with Crippen molar-refractivity contribution < 1.29 is 24.7 Å². The van der Waals surface area contributed by atoms with E-state index in [1.54, 1.807) is 6.07 Å². The summed E-state index contributed by atoms with van der Waals surface area (Å²) in [5, 5.41) is 19.9. The molecule has 2 N–H and O–H groups in total. The molecule has 1 fully saturated rings. The van der Waals surface area contributed by atoms with Crippen LogP contribution in [0.2, 0.25) is 0 Å². The number of carbonyl (C=O) groups is 2. The Kier molecular flexibility index (Phi) is 3.57. The van der Waals surface area contributed by atoms with E-state index in [2.05, 4.69) is 4.98 Å². The summed E-state index contributed by atoms with van der Waals surface area (Å²) in [6.45, 7) is 1.16. The average molecular weight is 250 g/mol. The van der Waals surface area contributed by atoms with Crippen LogP contribution in [0, 0.1) is 5.92 Å². The van der Waals surface area contributed by atoms with Gasteiger partial charge in [-0.05, 0) is 12.1 Å². The van der Waals surface area contributed by atoms with Gasteiger partial charge in [-0.2, -0.15) is 0 Å². The molecule has 18 heavy (non-hydrogen) atoms. The number of rotatable bonds is 3. The van der Waals surface area contributed by atoms with E-state index in [9.17, 15) is 14.7 Å². The third-order valence-electron chi connectivity index (χ3n) is 3.30. The maximum atomic E-state index is 11.0. The van der Waals surface area contributed by atoms with Crippen LogP contribution in [0.4, 0.5) is 5.82 Å². The molecule has 2 heterocycles. The zero-order valence-corrected chi connectivity index (χ0v) is 9.76. The molecule has 6 nitrogen and oxygen atoms in total. The molecule has 0 unspecified atom stereocenters. The second-order valence-electron chi connectivity index (χ2n) is 4.40. The van der Waals surface area contributed by atoms with Crippen LogP contribution in [-0.4, -0.2) is 35.1 Å². The highest BCUT2D eigenvalue weighted by Crippen LogP contribution is 2.13. The lowest BCUT2D eigenvalue weighted by Gasteiger charge is -2.27. The number of aromatic carboxylic acids is 1. The Bertz CT molecular complexity index is 467. The van der Waals surface area contributed by atoms with Crippen LogP contribution >= 0.6 is 0 Å². The first-order valence-corrected chi connectivity index (χ1v) is 5.84. The van der Waals surface area contributed by atoms with Crippen LogP contribution in [0.1, 0.15) is 23.2 Å². The van der Waals surface area contributed by atoms with Crippen molar-refractivity contribution in [3.8, 4) is 0 Å². The monoisotopic (exact) mass is 250 g/mol. The van der Waals surface area contributed by atoms with Crippen molar-refractivity contribution in [2.75, 3.05) is 13.1 Å². The minimum absolute atomic E-state index is 0.0845. The van der Waals surface area contributed by atoms with Gasteiger partial charge in [0.15, 0.2) is 0 Å². The van der Waals surface area contributed by atoms with E-state index in [1.165, 1.54) is 12.3 Å². The van der Waals surface area contributed by atoms with Gasteiger partial charge in [0.2, 0.25) is 5.82 Å². The molecule has 0 aliphatic carbocycles. The molecule has 6 heteroatoms. The molecule has 0 radical (unpaired) electrons. The van der Waals surface area contributed by atoms with Gasteiger partial charge in [0.25, 0.3) is 0 Å². The number of aliphatic carboxylic acids is 1. The predicted molar refractivity (Wildman–Crippen MR) is 59.3 cm³/mol. The maximum Gasteiger partial charge on any atom is 0.306 e. The molecule has 1 aliphatic rings. The van der Waals surface area contributed by atoms with Gasteiger partial charge in [-0.3, -0.25) is 9.69 Å². The zero-order valence-electron chi connectivity index (χ0n) is 9.76. The van der Waals surface area contributed by atoms with Gasteiger partial charge in [0, 0.05) is 19.0 Å². The van der Waals surface area contributed by atoms with Crippen molar-refractivity contribution in [3.05, 3.63) is 23.9 Å². The minimum Gasteiger partial charge on any atom is -0.545 e. The fraction of sp³-hybridized carbons (Fsp3) is 0.417. The second kappa shape index (κ2) is 5.14. The number of aromatic nitrogens is 1. The molecule has 1 saturated heterocycles. The second-order valence-corrected chi connectivity index (χ2v) is 4.40. The van der Waals surface area contributed by atoms with E-state index in [1.807, 2.05) is 0 Å². The van der Waals surface area contributed by atoms with Crippen LogP contribution in [0.15, 0.2) is 18.3 Å². The standard InChI is InChI=1S/C12H14N2O4/c15-11(16)8-3-6-14(7-4-8)10-9(12(17)18)2-1-5-13-10/h1-2,5,8H,3-4,6-7H2,(H,15,16)(H,17,18). The van der Waals surface area contributed by atoms with E-state index < -0.39 is 11.9 Å². The number of quaternary nitrogens is 1. The fourth-order valence-corrected chi connectivity index (χ4v) is 2.30. The van der Waals surface area contributed by atoms with Crippen molar-refractivity contribution >= 4 is 17.8 Å². The Hall–Kier alpha value is -1.95. The quantitative estimate of drug-likeness (QED) is 0.677. The summed E-state index contributed by atoms with van der Waals surface area (Å²) in [5.41, 5.74) is 0.0845. The van der Waals surface area contributed by atoms with Gasteiger partial charge in [-0.15, -0.1) is 0 Å². The number of carboxylic acids is 2. The van der Waals surface area contributed by atoms with Crippen molar-refractivity contribution in [1.29, 1.82) is 0 Å². The summed E-state index contributed by atoms with van der Waals surface area (Å²) in [6.07, 6.45) is 2.61. The lowest BCUT2D eigenvalue weighted by atomic mass is 9.97. The molecular formula is C12H14N2O4. The average Bonchev–Trinajstić information content (AvgIpc) is 2.39. The van der Waals surface area contributed by atoms with Crippen LogP contribution in [-0.2, 0) is 4.79 Å². The van der Waals surface area contributed by atoms with Gasteiger partial charge in [0.05, 0.1) is 30.5 Å². The summed E-state index contributed by atoms with van der Waals surface area (Å²) in [4.78, 5) is 26.8. The van der Waals surface area contributed by atoms with Gasteiger partial charge < -0.3 is 15.0 Å². The predicted octanol–water partition coefficient (Wildman–Crippen LogP) is -1.54. The van der Waals surface area contributed by atoms with Crippen molar-refractivity contribution in [2.24, 2.45) is 5.92 Å². The third-order valence-corrected chi connectivity index (χ3v) is 3.30. The highest BCUT2D eigenvalue weighted by atomic mass is 16.4. The first kappa shape index (κ1) is 12.5. The number of piperidine rings is 1. The highest BCUT2D eigenvalue weighted by Gasteiger charge is 2.30. The normalized spacial score (nSPS) is 23.6. The zero-order chi connectivity index (χ0) is 13.1. The number of hydrogen-bond donors (Lipinski definition) is 2. The van der Waals surface area contributed by atoms with Crippen molar-refractivity contribution in [2.45, 2.75) is 12.8 Å². The number of carbonyl (C=O) groups excluding carboxylic acids is 1. The molecule has 0 saturated carbocycles. The van der Waals surface area contributed by atoms with Crippen molar-refractivity contribution in [3.63, 3.8) is 0 Å². The summed E-state index contributed by atoms with van der Waals surface area (Å²) in [5.74, 6) is -1.91. The van der Waals surface area contributed by atoms with E-state index in [4.69, 9.17) is 5.11 Å². The number of nitrogens with one attached hydrogen (secondary N) is 1. The number of pyridine rings is 1. The lowest BCUT2D eigenvalue weighted by molar-refractivity contribution is -0.842. The van der Waals surface area contributed by atoms with Crippen LogP contribution in [0.3, 0.4) is 0 Å². The van der Waals surface area contributed by atoms with Gasteiger partial charge in [-0.1, -0.05) is 0 Å². The molecule has 0 amide bonds. The molecule has 0 spiro atoms. The van der Waals surface area contributed by atoms with E-state index >= 15 is 0 Å². The maximum absolute atomic E-state index is 11.0. The smallest absolute Gasteiger partial charge is 0.306 e. The first-order valence-electron chi connectivity index (χ1n) is 5.84. The molecule has 0 atom stereocenters. The summed E-state index contributed by atoms with van der Waals surface area (Å²) in [7, 11) is 0. The topological polar surface area (TPSA) is 94.8 Å². The lowest BCUT2D eigenvalue weighted by Crippen LogP contribution is -3.09. The summed E-state index contributed by atoms with van der Waals surface area (Å²) < 4.78 is 0. The van der Waals surface area contributed by atoms with Gasteiger partial charge in [0.1, 0.15) is 0 Å². The van der Waals surface area contributed by atoms with Crippen LogP contribution < -0.4 is 10.0 Å². The van der Waals surface area contributed by atoms with E-state index in [0.717, 1.165) is 4.90 Å². The fourth-order valence-electron chi connectivity index (χ4n) is 2.30. The molecule has 1 aliphatic heterocycles. The SMILES string of the molecule is O=C([O-])c1cccnc1[NH+]1CCC(C(=O)O)CC1. The molecule has 96 valence electrons. The molecule has 1 aromatic heterocycles. The van der Waals surface area contributed by atoms with Crippen LogP contribution in [0.5, 0.6) is 0 Å². The van der Waals surface area contributed by atoms with Gasteiger partial charge in [-0.25, -0.2) is 4.98 Å². The summed E-state index contributed by atoms with van der Waals surface area (Å²) >= 11 is 0.